The van der Waals surface area contributed by atoms with Crippen LogP contribution in [-0.4, -0.2) is 17.8 Å². The van der Waals surface area contributed by atoms with Crippen molar-refractivity contribution in [2.24, 2.45) is 0 Å². The van der Waals surface area contributed by atoms with Gasteiger partial charge in [0.25, 0.3) is 0 Å². The number of fused-ring (bicyclic) bond motifs is 1. The molecule has 1 aromatic heterocycles. The minimum Gasteiger partial charge on any atom is -0.504 e. The van der Waals surface area contributed by atoms with Crippen molar-refractivity contribution in [3.8, 4) is 17.2 Å². The Morgan fingerprint density at radius 2 is 1.67 bits per heavy atom. The van der Waals surface area contributed by atoms with Crippen LogP contribution in [-0.2, 0) is 0 Å². The van der Waals surface area contributed by atoms with Crippen molar-refractivity contribution < 1.29 is 19.0 Å². The monoisotopic (exact) mass is 376 g/mol. The number of unbranched alkanes of at least 4 members (excludes halogenated alkanes) is 7. The van der Waals surface area contributed by atoms with Gasteiger partial charge in [0, 0.05) is 0 Å². The highest BCUT2D eigenvalue weighted by atomic mass is 16.5. The number of ether oxygens (including phenoxy) is 2. The summed E-state index contributed by atoms with van der Waals surface area (Å²) in [6.07, 6.45) is 9.44. The zero-order valence-electron chi connectivity index (χ0n) is 16.8. The maximum absolute atomic E-state index is 12.4. The van der Waals surface area contributed by atoms with Crippen LogP contribution in [0.1, 0.15) is 72.1 Å². The summed E-state index contributed by atoms with van der Waals surface area (Å²) >= 11 is 0. The Morgan fingerprint density at radius 1 is 1.00 bits per heavy atom. The molecule has 0 spiro atoms. The van der Waals surface area contributed by atoms with Crippen LogP contribution in [0.3, 0.4) is 0 Å². The van der Waals surface area contributed by atoms with Crippen LogP contribution in [0.2, 0.25) is 0 Å². The van der Waals surface area contributed by atoms with Gasteiger partial charge < -0.3 is 19.0 Å². The van der Waals surface area contributed by atoms with E-state index in [9.17, 15) is 9.90 Å². The van der Waals surface area contributed by atoms with E-state index in [2.05, 4.69) is 6.92 Å². The molecule has 1 aromatic carbocycles. The van der Waals surface area contributed by atoms with E-state index >= 15 is 0 Å². The molecule has 0 saturated carbocycles. The Labute approximate surface area is 161 Å². The smallest absolute Gasteiger partial charge is 0.383 e. The summed E-state index contributed by atoms with van der Waals surface area (Å²) in [5.74, 6) is 0.337. The summed E-state index contributed by atoms with van der Waals surface area (Å²) < 4.78 is 16.8. The van der Waals surface area contributed by atoms with Gasteiger partial charge in [0.05, 0.1) is 18.1 Å². The van der Waals surface area contributed by atoms with Gasteiger partial charge in [0.2, 0.25) is 5.75 Å². The third-order valence-electron chi connectivity index (χ3n) is 4.42. The van der Waals surface area contributed by atoms with Crippen molar-refractivity contribution >= 4 is 11.0 Å². The van der Waals surface area contributed by atoms with Crippen molar-refractivity contribution in [3.63, 3.8) is 0 Å². The highest BCUT2D eigenvalue weighted by Crippen LogP contribution is 2.37. The van der Waals surface area contributed by atoms with Crippen molar-refractivity contribution in [1.29, 1.82) is 0 Å². The SMILES string of the molecule is CCCCCCCCCCOc1c(OC(C)C)c2cccc(O)c2oc1=O. The molecule has 0 aliphatic rings. The first-order valence-electron chi connectivity index (χ1n) is 10.1. The summed E-state index contributed by atoms with van der Waals surface area (Å²) in [5, 5.41) is 10.5. The second-order valence-corrected chi connectivity index (χ2v) is 7.19. The van der Waals surface area contributed by atoms with Gasteiger partial charge in [-0.3, -0.25) is 0 Å². The Bertz CT molecular complexity index is 763. The van der Waals surface area contributed by atoms with Gasteiger partial charge in [0.15, 0.2) is 17.1 Å². The summed E-state index contributed by atoms with van der Waals surface area (Å²) in [4.78, 5) is 12.4. The molecule has 0 radical (unpaired) electrons. The molecule has 1 heterocycles. The standard InChI is InChI=1S/C22H32O5/c1-4-5-6-7-8-9-10-11-15-25-21-20(26-16(2)3)17-13-12-14-18(23)19(17)27-22(21)24/h12-14,16,23H,4-11,15H2,1-3H3. The van der Waals surface area contributed by atoms with E-state index in [-0.39, 0.29) is 23.2 Å². The minimum absolute atomic E-state index is 0.0877. The third kappa shape index (κ3) is 6.19. The van der Waals surface area contributed by atoms with Crippen molar-refractivity contribution in [2.45, 2.75) is 78.2 Å². The molecule has 0 saturated heterocycles. The van der Waals surface area contributed by atoms with Crippen molar-refractivity contribution in [3.05, 3.63) is 28.6 Å². The van der Waals surface area contributed by atoms with Gasteiger partial charge in [-0.1, -0.05) is 57.9 Å². The lowest BCUT2D eigenvalue weighted by atomic mass is 10.1. The second kappa shape index (κ2) is 10.9. The van der Waals surface area contributed by atoms with Crippen LogP contribution < -0.4 is 15.1 Å². The fourth-order valence-corrected chi connectivity index (χ4v) is 3.05. The van der Waals surface area contributed by atoms with E-state index < -0.39 is 5.63 Å². The molecular formula is C22H32O5. The average molecular weight is 376 g/mol. The molecule has 2 rings (SSSR count). The zero-order valence-corrected chi connectivity index (χ0v) is 16.8. The summed E-state index contributed by atoms with van der Waals surface area (Å²) in [6.45, 7) is 6.43. The molecule has 0 fully saturated rings. The molecule has 0 atom stereocenters. The van der Waals surface area contributed by atoms with Crippen LogP contribution in [0.25, 0.3) is 11.0 Å². The third-order valence-corrected chi connectivity index (χ3v) is 4.42. The number of rotatable bonds is 12. The van der Waals surface area contributed by atoms with Crippen LogP contribution in [0.15, 0.2) is 27.4 Å². The number of aromatic hydroxyl groups is 1. The number of hydrogen-bond acceptors (Lipinski definition) is 5. The number of hydrogen-bond donors (Lipinski definition) is 1. The van der Waals surface area contributed by atoms with Crippen LogP contribution in [0, 0.1) is 0 Å². The number of phenolic OH excluding ortho intramolecular Hbond substituents is 1. The molecule has 0 bridgehead atoms. The Morgan fingerprint density at radius 3 is 2.33 bits per heavy atom. The van der Waals surface area contributed by atoms with E-state index in [1.54, 1.807) is 12.1 Å². The molecule has 0 aliphatic heterocycles. The van der Waals surface area contributed by atoms with Crippen molar-refractivity contribution in [2.75, 3.05) is 6.61 Å². The largest absolute Gasteiger partial charge is 0.504 e. The van der Waals surface area contributed by atoms with E-state index in [0.717, 1.165) is 12.8 Å². The molecule has 0 amide bonds. The predicted octanol–water partition coefficient (Wildman–Crippen LogP) is 5.81. The maximum Gasteiger partial charge on any atom is 0.383 e. The van der Waals surface area contributed by atoms with E-state index in [0.29, 0.717) is 17.7 Å². The number of phenols is 1. The maximum atomic E-state index is 12.4. The first-order chi connectivity index (χ1) is 13.0. The van der Waals surface area contributed by atoms with Crippen LogP contribution >= 0.6 is 0 Å². The molecule has 0 aliphatic carbocycles. The summed E-state index contributed by atoms with van der Waals surface area (Å²) in [5.41, 5.74) is -0.503. The van der Waals surface area contributed by atoms with E-state index in [4.69, 9.17) is 13.9 Å². The lowest BCUT2D eigenvalue weighted by Gasteiger charge is -2.16. The second-order valence-electron chi connectivity index (χ2n) is 7.19. The fraction of sp³-hybridized carbons (Fsp3) is 0.591. The highest BCUT2D eigenvalue weighted by Gasteiger charge is 2.20. The van der Waals surface area contributed by atoms with E-state index in [1.165, 1.54) is 44.6 Å². The van der Waals surface area contributed by atoms with Crippen LogP contribution in [0.4, 0.5) is 0 Å². The first kappa shape index (κ1) is 21.1. The Kier molecular flexibility index (Phi) is 8.49. The van der Waals surface area contributed by atoms with Gasteiger partial charge in [-0.25, -0.2) is 4.79 Å². The molecule has 1 N–H and O–H groups in total. The van der Waals surface area contributed by atoms with Gasteiger partial charge in [0.1, 0.15) is 0 Å². The molecule has 2 aromatic rings. The summed E-state index contributed by atoms with van der Waals surface area (Å²) in [6, 6.07) is 4.91. The van der Waals surface area contributed by atoms with Gasteiger partial charge in [-0.15, -0.1) is 0 Å². The van der Waals surface area contributed by atoms with E-state index in [1.807, 2.05) is 13.8 Å². The predicted molar refractivity (Wildman–Crippen MR) is 108 cm³/mol. The summed E-state index contributed by atoms with van der Waals surface area (Å²) in [7, 11) is 0. The zero-order chi connectivity index (χ0) is 19.6. The highest BCUT2D eigenvalue weighted by molar-refractivity contribution is 5.89. The van der Waals surface area contributed by atoms with Gasteiger partial charge in [-0.05, 0) is 32.4 Å². The molecule has 27 heavy (non-hydrogen) atoms. The lowest BCUT2D eigenvalue weighted by molar-refractivity contribution is 0.216. The molecule has 5 nitrogen and oxygen atoms in total. The minimum atomic E-state index is -0.626. The number of para-hydroxylation sites is 1. The molecule has 150 valence electrons. The first-order valence-corrected chi connectivity index (χ1v) is 10.1. The lowest BCUT2D eigenvalue weighted by Crippen LogP contribution is -2.14. The van der Waals surface area contributed by atoms with Crippen molar-refractivity contribution in [1.82, 2.24) is 0 Å². The number of benzene rings is 1. The Hall–Kier alpha value is -2.17. The normalized spacial score (nSPS) is 11.3. The average Bonchev–Trinajstić information content (AvgIpc) is 2.63. The van der Waals surface area contributed by atoms with Gasteiger partial charge >= 0.3 is 5.63 Å². The topological polar surface area (TPSA) is 68.9 Å². The van der Waals surface area contributed by atoms with Crippen LogP contribution in [0.5, 0.6) is 17.2 Å². The molecular weight excluding hydrogens is 344 g/mol. The Balaban J connectivity index is 2.00. The quantitative estimate of drug-likeness (QED) is 0.374. The molecule has 5 heteroatoms. The van der Waals surface area contributed by atoms with Gasteiger partial charge in [-0.2, -0.15) is 0 Å². The fourth-order valence-electron chi connectivity index (χ4n) is 3.05. The molecule has 0 unspecified atom stereocenters.